The van der Waals surface area contributed by atoms with Gasteiger partial charge in [0.05, 0.1) is 5.56 Å². The Labute approximate surface area is 162 Å². The molecule has 0 fully saturated rings. The maximum absolute atomic E-state index is 12.6. The Bertz CT molecular complexity index is 813. The number of aryl methyl sites for hydroxylation is 1. The van der Waals surface area contributed by atoms with E-state index in [-0.39, 0.29) is 5.56 Å². The van der Waals surface area contributed by atoms with E-state index < -0.39 is 11.7 Å². The summed E-state index contributed by atoms with van der Waals surface area (Å²) in [5, 5.41) is 6.33. The van der Waals surface area contributed by atoms with Gasteiger partial charge in [-0.3, -0.25) is 9.79 Å². The Morgan fingerprint density at radius 1 is 1.04 bits per heavy atom. The average molecular weight is 394 g/mol. The van der Waals surface area contributed by atoms with Crippen molar-refractivity contribution < 1.29 is 13.2 Å². The molecule has 0 saturated heterocycles. The molecule has 1 heterocycles. The van der Waals surface area contributed by atoms with Gasteiger partial charge in [-0.05, 0) is 43.0 Å². The molecule has 2 N–H and O–H groups in total. The molecule has 0 aliphatic carbocycles. The van der Waals surface area contributed by atoms with Gasteiger partial charge in [0.25, 0.3) is 0 Å². The topological polar surface area (TPSA) is 58.4 Å². The molecule has 0 saturated carbocycles. The highest BCUT2D eigenvalue weighted by atomic mass is 19.4. The molecule has 0 bridgehead atoms. The Morgan fingerprint density at radius 2 is 1.75 bits per heavy atom. The van der Waals surface area contributed by atoms with Gasteiger partial charge in [0.15, 0.2) is 5.96 Å². The molecular weight excluding hydrogens is 369 g/mol. The van der Waals surface area contributed by atoms with Crippen LogP contribution >= 0.6 is 0 Å². The third-order valence-corrected chi connectivity index (χ3v) is 4.23. The summed E-state index contributed by atoms with van der Waals surface area (Å²) in [6, 6.07) is 10.3. The number of nitrogens with one attached hydrogen (secondary N) is 2. The van der Waals surface area contributed by atoms with Crippen LogP contribution in [0.5, 0.6) is 0 Å². The predicted octanol–water partition coefficient (Wildman–Crippen LogP) is 3.06. The van der Waals surface area contributed by atoms with Crippen molar-refractivity contribution in [3.63, 3.8) is 0 Å². The summed E-state index contributed by atoms with van der Waals surface area (Å²) >= 11 is 0. The Kier molecular flexibility index (Phi) is 8.10. The molecular formula is C20H25F3N4O. The summed E-state index contributed by atoms with van der Waals surface area (Å²) in [5.41, 5.74) is 0.180. The molecule has 0 amide bonds. The van der Waals surface area contributed by atoms with Crippen LogP contribution in [0.15, 0.2) is 58.4 Å². The van der Waals surface area contributed by atoms with E-state index in [0.717, 1.165) is 30.5 Å². The maximum atomic E-state index is 12.6. The third kappa shape index (κ3) is 7.09. The number of guanidine groups is 1. The van der Waals surface area contributed by atoms with Gasteiger partial charge in [-0.1, -0.05) is 18.2 Å². The summed E-state index contributed by atoms with van der Waals surface area (Å²) < 4.78 is 39.4. The van der Waals surface area contributed by atoms with Gasteiger partial charge < -0.3 is 15.2 Å². The van der Waals surface area contributed by atoms with Gasteiger partial charge in [-0.2, -0.15) is 13.2 Å². The van der Waals surface area contributed by atoms with Crippen LogP contribution in [-0.4, -0.2) is 30.7 Å². The summed E-state index contributed by atoms with van der Waals surface area (Å²) in [6.07, 6.45) is -0.204. The van der Waals surface area contributed by atoms with Crippen molar-refractivity contribution in [2.24, 2.45) is 4.99 Å². The molecule has 1 aromatic heterocycles. The third-order valence-electron chi connectivity index (χ3n) is 4.23. The lowest BCUT2D eigenvalue weighted by Crippen LogP contribution is -2.38. The van der Waals surface area contributed by atoms with Crippen LogP contribution in [-0.2, 0) is 19.1 Å². The van der Waals surface area contributed by atoms with Crippen molar-refractivity contribution in [1.82, 2.24) is 15.2 Å². The number of halogens is 3. The van der Waals surface area contributed by atoms with Gasteiger partial charge in [0.2, 0.25) is 5.56 Å². The average Bonchev–Trinajstić information content (AvgIpc) is 2.67. The van der Waals surface area contributed by atoms with Gasteiger partial charge in [-0.25, -0.2) is 0 Å². The summed E-state index contributed by atoms with van der Waals surface area (Å²) in [6.45, 7) is 1.94. The molecule has 28 heavy (non-hydrogen) atoms. The highest BCUT2D eigenvalue weighted by Crippen LogP contribution is 2.29. The molecule has 0 aliphatic rings. The minimum atomic E-state index is -4.31. The maximum Gasteiger partial charge on any atom is 0.416 e. The number of hydrogen-bond donors (Lipinski definition) is 2. The zero-order valence-corrected chi connectivity index (χ0v) is 15.8. The van der Waals surface area contributed by atoms with Crippen LogP contribution < -0.4 is 16.2 Å². The number of aliphatic imine (C=N–C) groups is 1. The van der Waals surface area contributed by atoms with Crippen LogP contribution in [0.3, 0.4) is 0 Å². The van der Waals surface area contributed by atoms with Crippen LogP contribution in [0.4, 0.5) is 13.2 Å². The van der Waals surface area contributed by atoms with E-state index in [1.54, 1.807) is 29.9 Å². The lowest BCUT2D eigenvalue weighted by molar-refractivity contribution is -0.137. The number of benzene rings is 1. The molecule has 0 atom stereocenters. The van der Waals surface area contributed by atoms with Crippen molar-refractivity contribution >= 4 is 5.96 Å². The summed E-state index contributed by atoms with van der Waals surface area (Å²) in [4.78, 5) is 15.7. The van der Waals surface area contributed by atoms with E-state index in [0.29, 0.717) is 32.0 Å². The number of pyridine rings is 1. The Balaban J connectivity index is 1.65. The molecule has 152 valence electrons. The van der Waals surface area contributed by atoms with E-state index in [1.807, 2.05) is 6.07 Å². The molecule has 0 spiro atoms. The molecule has 0 aliphatic heterocycles. The van der Waals surface area contributed by atoms with E-state index in [1.165, 1.54) is 12.1 Å². The molecule has 1 aromatic carbocycles. The zero-order chi connectivity index (χ0) is 20.4. The number of nitrogens with zero attached hydrogens (tertiary/aromatic N) is 2. The smallest absolute Gasteiger partial charge is 0.356 e. The standard InChI is InChI=1S/C20H25F3N4O/c1-24-19(25-12-3-5-15-27-14-4-2-6-18(27)28)26-13-11-16-7-9-17(10-8-16)20(21,22)23/h2,4,6-10,14H,3,5,11-13,15H2,1H3,(H2,24,25,26). The van der Waals surface area contributed by atoms with Gasteiger partial charge >= 0.3 is 6.18 Å². The fourth-order valence-electron chi connectivity index (χ4n) is 2.67. The van der Waals surface area contributed by atoms with Crippen molar-refractivity contribution in [2.75, 3.05) is 20.1 Å². The largest absolute Gasteiger partial charge is 0.416 e. The molecule has 8 heteroatoms. The molecule has 0 radical (unpaired) electrons. The van der Waals surface area contributed by atoms with Crippen molar-refractivity contribution in [2.45, 2.75) is 32.0 Å². The van der Waals surface area contributed by atoms with Crippen LogP contribution in [0.1, 0.15) is 24.0 Å². The molecule has 5 nitrogen and oxygen atoms in total. The van der Waals surface area contributed by atoms with E-state index in [4.69, 9.17) is 0 Å². The number of aromatic nitrogens is 1. The Hall–Kier alpha value is -2.77. The van der Waals surface area contributed by atoms with E-state index in [9.17, 15) is 18.0 Å². The lowest BCUT2D eigenvalue weighted by atomic mass is 10.1. The minimum absolute atomic E-state index is 0.00352. The van der Waals surface area contributed by atoms with Crippen LogP contribution in [0, 0.1) is 0 Å². The zero-order valence-electron chi connectivity index (χ0n) is 15.8. The SMILES string of the molecule is CN=C(NCCCCn1ccccc1=O)NCCc1ccc(C(F)(F)F)cc1. The Morgan fingerprint density at radius 3 is 2.39 bits per heavy atom. The predicted molar refractivity (Wildman–Crippen MR) is 104 cm³/mol. The summed E-state index contributed by atoms with van der Waals surface area (Å²) in [7, 11) is 1.66. The normalized spacial score (nSPS) is 12.1. The van der Waals surface area contributed by atoms with Crippen LogP contribution in [0.25, 0.3) is 0 Å². The fourth-order valence-corrected chi connectivity index (χ4v) is 2.67. The van der Waals surface area contributed by atoms with E-state index in [2.05, 4.69) is 15.6 Å². The van der Waals surface area contributed by atoms with Crippen molar-refractivity contribution in [1.29, 1.82) is 0 Å². The van der Waals surface area contributed by atoms with Gasteiger partial charge in [0, 0.05) is 38.9 Å². The van der Waals surface area contributed by atoms with Gasteiger partial charge in [0.1, 0.15) is 0 Å². The summed E-state index contributed by atoms with van der Waals surface area (Å²) in [5.74, 6) is 0.642. The monoisotopic (exact) mass is 394 g/mol. The minimum Gasteiger partial charge on any atom is -0.356 e. The van der Waals surface area contributed by atoms with Crippen molar-refractivity contribution in [3.05, 3.63) is 70.1 Å². The number of rotatable bonds is 8. The highest BCUT2D eigenvalue weighted by molar-refractivity contribution is 5.79. The number of hydrogen-bond acceptors (Lipinski definition) is 2. The number of unbranched alkanes of at least 4 members (excludes halogenated alkanes) is 1. The molecule has 0 unspecified atom stereocenters. The van der Waals surface area contributed by atoms with Crippen LogP contribution in [0.2, 0.25) is 0 Å². The van der Waals surface area contributed by atoms with E-state index >= 15 is 0 Å². The van der Waals surface area contributed by atoms with Gasteiger partial charge in [-0.15, -0.1) is 0 Å². The second-order valence-corrected chi connectivity index (χ2v) is 6.31. The molecule has 2 rings (SSSR count). The second-order valence-electron chi connectivity index (χ2n) is 6.31. The highest BCUT2D eigenvalue weighted by Gasteiger charge is 2.29. The quantitative estimate of drug-likeness (QED) is 0.411. The van der Waals surface area contributed by atoms with Crippen molar-refractivity contribution in [3.8, 4) is 0 Å². The first-order valence-electron chi connectivity index (χ1n) is 9.16. The lowest BCUT2D eigenvalue weighted by Gasteiger charge is -2.12. The second kappa shape index (κ2) is 10.5. The first-order chi connectivity index (χ1) is 13.4. The first-order valence-corrected chi connectivity index (χ1v) is 9.16. The number of alkyl halides is 3. The first kappa shape index (κ1) is 21.5. The molecule has 2 aromatic rings. The fraction of sp³-hybridized carbons (Fsp3) is 0.400.